The van der Waals surface area contributed by atoms with E-state index in [2.05, 4.69) is 10.5 Å². The van der Waals surface area contributed by atoms with Gasteiger partial charge in [-0.3, -0.25) is 14.9 Å². The van der Waals surface area contributed by atoms with Crippen LogP contribution in [0.2, 0.25) is 5.02 Å². The van der Waals surface area contributed by atoms with Crippen molar-refractivity contribution >= 4 is 41.2 Å². The van der Waals surface area contributed by atoms with Gasteiger partial charge in [0.15, 0.2) is 0 Å². The van der Waals surface area contributed by atoms with E-state index >= 15 is 0 Å². The second kappa shape index (κ2) is 10.3. The molecule has 0 aliphatic carbocycles. The third kappa shape index (κ3) is 5.49. The SMILES string of the molecule is COc1ccc([N+](=O)[O-])cc1-n1c(C)cc(/C=N\NC(=O)CSc2ccc(Cl)cc2)c1C. The zero-order valence-corrected chi connectivity index (χ0v) is 19.2. The number of halogens is 1. The molecule has 0 fully saturated rings. The maximum absolute atomic E-state index is 12.1. The van der Waals surface area contributed by atoms with Crippen molar-refractivity contribution in [3.8, 4) is 11.4 Å². The summed E-state index contributed by atoms with van der Waals surface area (Å²) in [5, 5.41) is 15.9. The van der Waals surface area contributed by atoms with Crippen LogP contribution in [0.4, 0.5) is 5.69 Å². The molecule has 1 aromatic heterocycles. The van der Waals surface area contributed by atoms with Crippen molar-refractivity contribution in [2.45, 2.75) is 18.7 Å². The van der Waals surface area contributed by atoms with Gasteiger partial charge in [-0.15, -0.1) is 11.8 Å². The first-order valence-electron chi connectivity index (χ1n) is 9.52. The van der Waals surface area contributed by atoms with E-state index in [9.17, 15) is 14.9 Å². The Morgan fingerprint density at radius 2 is 1.97 bits per heavy atom. The molecule has 0 aliphatic rings. The van der Waals surface area contributed by atoms with E-state index in [-0.39, 0.29) is 17.3 Å². The number of nitrogens with zero attached hydrogens (tertiary/aromatic N) is 3. The fraction of sp³-hybridized carbons (Fsp3) is 0.182. The summed E-state index contributed by atoms with van der Waals surface area (Å²) in [5.74, 6) is 0.479. The first-order chi connectivity index (χ1) is 15.3. The van der Waals surface area contributed by atoms with E-state index in [4.69, 9.17) is 16.3 Å². The molecule has 0 unspecified atom stereocenters. The molecule has 2 aromatic carbocycles. The molecule has 1 amide bonds. The van der Waals surface area contributed by atoms with Crippen LogP contribution in [0.15, 0.2) is 58.5 Å². The van der Waals surface area contributed by atoms with Gasteiger partial charge in [0.2, 0.25) is 5.91 Å². The number of ether oxygens (including phenoxy) is 1. The molecule has 1 heterocycles. The minimum absolute atomic E-state index is 0.0334. The number of carbonyl (C=O) groups is 1. The zero-order valence-electron chi connectivity index (χ0n) is 17.7. The van der Waals surface area contributed by atoms with Crippen molar-refractivity contribution in [2.24, 2.45) is 5.10 Å². The van der Waals surface area contributed by atoms with Crippen molar-refractivity contribution in [3.05, 3.63) is 80.6 Å². The number of hydrogen-bond acceptors (Lipinski definition) is 6. The van der Waals surface area contributed by atoms with E-state index in [0.717, 1.165) is 21.8 Å². The van der Waals surface area contributed by atoms with Crippen LogP contribution < -0.4 is 10.2 Å². The molecule has 3 aromatic rings. The molecule has 3 rings (SSSR count). The van der Waals surface area contributed by atoms with Crippen molar-refractivity contribution in [1.82, 2.24) is 9.99 Å². The Bertz CT molecular complexity index is 1180. The largest absolute Gasteiger partial charge is 0.495 e. The number of aromatic nitrogens is 1. The molecule has 8 nitrogen and oxygen atoms in total. The summed E-state index contributed by atoms with van der Waals surface area (Å²) in [5.41, 5.74) is 5.44. The molecular formula is C22H21ClN4O4S. The highest BCUT2D eigenvalue weighted by Gasteiger charge is 2.17. The molecule has 1 N–H and O–H groups in total. The van der Waals surface area contributed by atoms with E-state index in [1.165, 1.54) is 31.0 Å². The minimum Gasteiger partial charge on any atom is -0.495 e. The zero-order chi connectivity index (χ0) is 23.3. The summed E-state index contributed by atoms with van der Waals surface area (Å²) in [6.45, 7) is 3.74. The highest BCUT2D eigenvalue weighted by atomic mass is 35.5. The van der Waals surface area contributed by atoms with Crippen LogP contribution >= 0.6 is 23.4 Å². The fourth-order valence-electron chi connectivity index (χ4n) is 3.14. The lowest BCUT2D eigenvalue weighted by atomic mass is 10.2. The number of aryl methyl sites for hydroxylation is 1. The van der Waals surface area contributed by atoms with Gasteiger partial charge in [-0.1, -0.05) is 11.6 Å². The predicted octanol–water partition coefficient (Wildman–Crippen LogP) is 4.91. The quantitative estimate of drug-likeness (QED) is 0.217. The monoisotopic (exact) mass is 472 g/mol. The van der Waals surface area contributed by atoms with Gasteiger partial charge in [0.1, 0.15) is 5.75 Å². The molecule has 0 aliphatic heterocycles. The minimum atomic E-state index is -0.447. The summed E-state index contributed by atoms with van der Waals surface area (Å²) in [4.78, 5) is 23.8. The predicted molar refractivity (Wildman–Crippen MR) is 126 cm³/mol. The number of amides is 1. The summed E-state index contributed by atoms with van der Waals surface area (Å²) >= 11 is 7.24. The molecule has 10 heteroatoms. The number of hydrazone groups is 1. The van der Waals surface area contributed by atoms with Crippen LogP contribution in [0.5, 0.6) is 5.75 Å². The van der Waals surface area contributed by atoms with Crippen molar-refractivity contribution in [1.29, 1.82) is 0 Å². The van der Waals surface area contributed by atoms with Crippen molar-refractivity contribution < 1.29 is 14.5 Å². The Hall–Kier alpha value is -3.30. The third-order valence-electron chi connectivity index (χ3n) is 4.66. The molecule has 0 saturated carbocycles. The molecule has 0 spiro atoms. The van der Waals surface area contributed by atoms with E-state index < -0.39 is 4.92 Å². The van der Waals surface area contributed by atoms with Crippen LogP contribution in [0.3, 0.4) is 0 Å². The molecule has 0 atom stereocenters. The number of rotatable bonds is 8. The highest BCUT2D eigenvalue weighted by Crippen LogP contribution is 2.31. The van der Waals surface area contributed by atoms with Gasteiger partial charge in [-0.05, 0) is 50.2 Å². The lowest BCUT2D eigenvalue weighted by Gasteiger charge is -2.13. The standard InChI is InChI=1S/C22H21ClN4O4S/c1-14-10-16(12-24-25-22(28)13-32-19-7-4-17(23)5-8-19)15(2)26(14)20-11-18(27(29)30)6-9-21(20)31-3/h4-12H,13H2,1-3H3,(H,25,28)/b24-12-. The second-order valence-corrected chi connectivity index (χ2v) is 8.30. The molecule has 0 saturated heterocycles. The Kier molecular flexibility index (Phi) is 7.55. The van der Waals surface area contributed by atoms with Gasteiger partial charge in [0.05, 0.1) is 29.7 Å². The number of nitro groups is 1. The highest BCUT2D eigenvalue weighted by molar-refractivity contribution is 8.00. The average molecular weight is 473 g/mol. The van der Waals surface area contributed by atoms with Crippen molar-refractivity contribution in [2.75, 3.05) is 12.9 Å². The molecule has 166 valence electrons. The smallest absolute Gasteiger partial charge is 0.271 e. The van der Waals surface area contributed by atoms with Gasteiger partial charge in [-0.2, -0.15) is 5.10 Å². The molecule has 0 bridgehead atoms. The summed E-state index contributed by atoms with van der Waals surface area (Å²) < 4.78 is 7.25. The van der Waals surface area contributed by atoms with E-state index in [1.54, 1.807) is 24.4 Å². The average Bonchev–Trinajstić information content (AvgIpc) is 3.05. The number of carbonyl (C=O) groups excluding carboxylic acids is 1. The van der Waals surface area contributed by atoms with Crippen LogP contribution in [-0.2, 0) is 4.79 Å². The van der Waals surface area contributed by atoms with Crippen molar-refractivity contribution in [3.63, 3.8) is 0 Å². The molecular weight excluding hydrogens is 452 g/mol. The van der Waals surface area contributed by atoms with Crippen LogP contribution in [0.1, 0.15) is 17.0 Å². The summed E-state index contributed by atoms with van der Waals surface area (Å²) in [6, 6.07) is 13.6. The van der Waals surface area contributed by atoms with Gasteiger partial charge >= 0.3 is 0 Å². The normalized spacial score (nSPS) is 11.0. The number of nitrogens with one attached hydrogen (secondary N) is 1. The summed E-state index contributed by atoms with van der Waals surface area (Å²) in [7, 11) is 1.51. The number of nitro benzene ring substituents is 1. The van der Waals surface area contributed by atoms with E-state index in [0.29, 0.717) is 16.5 Å². The van der Waals surface area contributed by atoms with Crippen LogP contribution in [-0.4, -0.2) is 34.5 Å². The van der Waals surface area contributed by atoms with Crippen LogP contribution in [0, 0.1) is 24.0 Å². The van der Waals surface area contributed by atoms with Gasteiger partial charge in [0.25, 0.3) is 5.69 Å². The number of benzene rings is 2. The number of thioether (sulfide) groups is 1. The summed E-state index contributed by atoms with van der Waals surface area (Å²) in [6.07, 6.45) is 1.55. The first kappa shape index (κ1) is 23.4. The maximum atomic E-state index is 12.1. The number of hydrogen-bond donors (Lipinski definition) is 1. The first-order valence-corrected chi connectivity index (χ1v) is 10.9. The maximum Gasteiger partial charge on any atom is 0.271 e. The second-order valence-electron chi connectivity index (χ2n) is 6.81. The van der Waals surface area contributed by atoms with Crippen LogP contribution in [0.25, 0.3) is 5.69 Å². The lowest BCUT2D eigenvalue weighted by molar-refractivity contribution is -0.384. The molecule has 32 heavy (non-hydrogen) atoms. The topological polar surface area (TPSA) is 98.8 Å². The Labute approximate surface area is 194 Å². The molecule has 0 radical (unpaired) electrons. The van der Waals surface area contributed by atoms with Gasteiger partial charge in [0, 0.05) is 39.0 Å². The Balaban J connectivity index is 1.73. The van der Waals surface area contributed by atoms with Gasteiger partial charge in [-0.25, -0.2) is 5.43 Å². The number of non-ortho nitro benzene ring substituents is 1. The van der Waals surface area contributed by atoms with Gasteiger partial charge < -0.3 is 9.30 Å². The van der Waals surface area contributed by atoms with E-state index in [1.807, 2.05) is 36.6 Å². The fourth-order valence-corrected chi connectivity index (χ4v) is 3.96. The lowest BCUT2D eigenvalue weighted by Crippen LogP contribution is -2.19. The Morgan fingerprint density at radius 3 is 2.62 bits per heavy atom. The third-order valence-corrected chi connectivity index (χ3v) is 5.92. The Morgan fingerprint density at radius 1 is 1.25 bits per heavy atom. The number of methoxy groups -OCH3 is 1.